The van der Waals surface area contributed by atoms with E-state index in [0.717, 1.165) is 21.6 Å². The van der Waals surface area contributed by atoms with E-state index < -0.39 is 59.7 Å². The standard InChI is InChI=1S/C26H32N6O8S/c1-29-7-3-5-17(29)23(35)27-15-9-19(25(37)38)31(11-15)21(33)13-41-14-22(34)32-12-16(10-20(32)26(39)40)28-24(36)18-6-4-8-30(18)2/h3-8,15-16,19-20H,9-14H2,1-2H3,(H,27,35)(H,28,36)(H,37,38)(H,39,40)/p-2/t15-,16-,19-,20-/m0/s1. The Morgan fingerprint density at radius 3 is 1.46 bits per heavy atom. The zero-order chi connectivity index (χ0) is 29.8. The number of aryl methyl sites for hydroxylation is 2. The number of nitrogens with zero attached hydrogens (tertiary/aromatic N) is 4. The first-order valence-electron chi connectivity index (χ1n) is 12.9. The molecule has 0 aliphatic carbocycles. The van der Waals surface area contributed by atoms with Gasteiger partial charge in [0, 0.05) is 51.7 Å². The SMILES string of the molecule is Cn1cccc1C(=O)N[C@H]1C[C@@H](C(=O)[O-])N(C(=O)CSCC(=O)N2C[C@@H](NC(=O)c3cccn3C)C[C@H]2C(=O)[O-])C1. The van der Waals surface area contributed by atoms with Crippen LogP contribution >= 0.6 is 11.8 Å². The van der Waals surface area contributed by atoms with Crippen molar-refractivity contribution in [2.75, 3.05) is 24.6 Å². The molecule has 4 heterocycles. The molecule has 15 heteroatoms. The zero-order valence-electron chi connectivity index (χ0n) is 22.5. The van der Waals surface area contributed by atoms with Gasteiger partial charge in [-0.25, -0.2) is 0 Å². The molecule has 2 N–H and O–H groups in total. The van der Waals surface area contributed by atoms with Gasteiger partial charge in [0.25, 0.3) is 11.8 Å². The summed E-state index contributed by atoms with van der Waals surface area (Å²) in [5.74, 6) is -5.31. The first-order chi connectivity index (χ1) is 19.5. The monoisotopic (exact) mass is 586 g/mol. The van der Waals surface area contributed by atoms with Crippen LogP contribution in [-0.4, -0.2) is 103 Å². The van der Waals surface area contributed by atoms with Gasteiger partial charge in [-0.1, -0.05) is 0 Å². The molecule has 14 nitrogen and oxygen atoms in total. The fourth-order valence-corrected chi connectivity index (χ4v) is 5.97. The number of amides is 4. The van der Waals surface area contributed by atoms with Crippen molar-refractivity contribution in [2.45, 2.75) is 37.0 Å². The number of nitrogens with one attached hydrogen (secondary N) is 2. The molecule has 2 fully saturated rings. The van der Waals surface area contributed by atoms with E-state index in [-0.39, 0.29) is 37.4 Å². The summed E-state index contributed by atoms with van der Waals surface area (Å²) in [7, 11) is 3.39. The minimum Gasteiger partial charge on any atom is -0.548 e. The van der Waals surface area contributed by atoms with Crippen molar-refractivity contribution in [1.82, 2.24) is 29.6 Å². The van der Waals surface area contributed by atoms with E-state index in [9.17, 15) is 39.0 Å². The second-order valence-corrected chi connectivity index (χ2v) is 11.1. The quantitative estimate of drug-likeness (QED) is 0.287. The predicted octanol–water partition coefficient (Wildman–Crippen LogP) is -3.30. The third kappa shape index (κ3) is 6.73. The molecule has 2 aromatic rings. The molecule has 0 bridgehead atoms. The van der Waals surface area contributed by atoms with Gasteiger partial charge in [-0.2, -0.15) is 0 Å². The smallest absolute Gasteiger partial charge is 0.268 e. The van der Waals surface area contributed by atoms with E-state index in [1.807, 2.05) is 0 Å². The highest BCUT2D eigenvalue weighted by molar-refractivity contribution is 8.00. The highest BCUT2D eigenvalue weighted by Gasteiger charge is 2.38. The van der Waals surface area contributed by atoms with Crippen LogP contribution in [0.3, 0.4) is 0 Å². The Hall–Kier alpha value is -4.27. The first kappa shape index (κ1) is 29.7. The summed E-state index contributed by atoms with van der Waals surface area (Å²) in [6.07, 6.45) is 3.34. The van der Waals surface area contributed by atoms with E-state index in [2.05, 4.69) is 10.6 Å². The topological polar surface area (TPSA) is 189 Å². The number of carbonyl (C=O) groups is 6. The van der Waals surface area contributed by atoms with Crippen LogP contribution in [-0.2, 0) is 33.3 Å². The van der Waals surface area contributed by atoms with Gasteiger partial charge in [-0.3, -0.25) is 19.2 Å². The molecule has 41 heavy (non-hydrogen) atoms. The fourth-order valence-electron chi connectivity index (χ4n) is 5.18. The van der Waals surface area contributed by atoms with Crippen LogP contribution in [0, 0.1) is 0 Å². The number of aromatic nitrogens is 2. The molecule has 220 valence electrons. The third-order valence-electron chi connectivity index (χ3n) is 7.26. The van der Waals surface area contributed by atoms with Crippen LogP contribution in [0.25, 0.3) is 0 Å². The van der Waals surface area contributed by atoms with Crippen LogP contribution in [0.2, 0.25) is 0 Å². The molecule has 0 saturated carbocycles. The number of hydrogen-bond acceptors (Lipinski definition) is 9. The van der Waals surface area contributed by atoms with Crippen molar-refractivity contribution in [1.29, 1.82) is 0 Å². The van der Waals surface area contributed by atoms with Crippen LogP contribution < -0.4 is 20.8 Å². The first-order valence-corrected chi connectivity index (χ1v) is 14.0. The van der Waals surface area contributed by atoms with Gasteiger partial charge in [0.05, 0.1) is 35.5 Å². The van der Waals surface area contributed by atoms with E-state index in [1.54, 1.807) is 59.9 Å². The molecule has 4 rings (SSSR count). The van der Waals surface area contributed by atoms with Crippen molar-refractivity contribution < 1.29 is 39.0 Å². The minimum atomic E-state index is -1.45. The summed E-state index contributed by atoms with van der Waals surface area (Å²) >= 11 is 0.910. The van der Waals surface area contributed by atoms with E-state index in [0.29, 0.717) is 11.4 Å². The number of likely N-dealkylation sites (tertiary alicyclic amines) is 2. The average molecular weight is 587 g/mol. The molecule has 0 aromatic carbocycles. The summed E-state index contributed by atoms with van der Waals surface area (Å²) in [6, 6.07) is 2.92. The zero-order valence-corrected chi connectivity index (χ0v) is 23.3. The van der Waals surface area contributed by atoms with Crippen molar-refractivity contribution >= 4 is 47.3 Å². The van der Waals surface area contributed by atoms with Crippen LogP contribution in [0.5, 0.6) is 0 Å². The van der Waals surface area contributed by atoms with Crippen molar-refractivity contribution in [3.05, 3.63) is 48.0 Å². The average Bonchev–Trinajstić information content (AvgIpc) is 3.70. The maximum absolute atomic E-state index is 12.9. The Labute approximate surface area is 239 Å². The number of aliphatic carboxylic acids is 2. The predicted molar refractivity (Wildman–Crippen MR) is 141 cm³/mol. The Bertz CT molecular complexity index is 1250. The van der Waals surface area contributed by atoms with Gasteiger partial charge in [0.2, 0.25) is 11.8 Å². The van der Waals surface area contributed by atoms with Gasteiger partial charge in [-0.05, 0) is 37.1 Å². The molecular formula is C26H30N6O8S-2. The summed E-state index contributed by atoms with van der Waals surface area (Å²) in [5.41, 5.74) is 0.764. The van der Waals surface area contributed by atoms with Crippen LogP contribution in [0.1, 0.15) is 33.8 Å². The lowest BCUT2D eigenvalue weighted by molar-refractivity contribution is -0.311. The van der Waals surface area contributed by atoms with Gasteiger partial charge < -0.3 is 49.4 Å². The molecule has 2 saturated heterocycles. The minimum absolute atomic E-state index is 0.0230. The summed E-state index contributed by atoms with van der Waals surface area (Å²) in [4.78, 5) is 76.4. The number of carboxylic acid groups (broad SMARTS) is 2. The molecular weight excluding hydrogens is 556 g/mol. The maximum Gasteiger partial charge on any atom is 0.268 e. The number of rotatable bonds is 10. The summed E-state index contributed by atoms with van der Waals surface area (Å²) in [5, 5.41) is 28.9. The lowest BCUT2D eigenvalue weighted by Crippen LogP contribution is -2.48. The molecule has 4 amide bonds. The Balaban J connectivity index is 1.29. The molecule has 2 aromatic heterocycles. The fraction of sp³-hybridized carbons (Fsp3) is 0.462. The molecule has 2 aliphatic heterocycles. The number of carbonyl (C=O) groups excluding carboxylic acids is 6. The van der Waals surface area contributed by atoms with Crippen molar-refractivity contribution in [3.8, 4) is 0 Å². The summed E-state index contributed by atoms with van der Waals surface area (Å²) < 4.78 is 3.23. The normalized spacial score (nSPS) is 22.0. The van der Waals surface area contributed by atoms with E-state index in [1.165, 1.54) is 0 Å². The molecule has 0 spiro atoms. The number of carboxylic acids is 2. The lowest BCUT2D eigenvalue weighted by atomic mass is 10.1. The highest BCUT2D eigenvalue weighted by Crippen LogP contribution is 2.22. The highest BCUT2D eigenvalue weighted by atomic mass is 32.2. The molecule has 0 radical (unpaired) electrons. The second-order valence-electron chi connectivity index (χ2n) is 10.1. The van der Waals surface area contributed by atoms with Crippen molar-refractivity contribution in [2.24, 2.45) is 14.1 Å². The van der Waals surface area contributed by atoms with Crippen LogP contribution in [0.15, 0.2) is 36.7 Å². The largest absolute Gasteiger partial charge is 0.548 e. The summed E-state index contributed by atoms with van der Waals surface area (Å²) in [6.45, 7) is -0.0763. The van der Waals surface area contributed by atoms with E-state index in [4.69, 9.17) is 0 Å². The van der Waals surface area contributed by atoms with Gasteiger partial charge in [0.1, 0.15) is 11.4 Å². The van der Waals surface area contributed by atoms with Crippen LogP contribution in [0.4, 0.5) is 0 Å². The molecule has 0 unspecified atom stereocenters. The Morgan fingerprint density at radius 1 is 0.756 bits per heavy atom. The van der Waals surface area contributed by atoms with Gasteiger partial charge in [-0.15, -0.1) is 11.8 Å². The van der Waals surface area contributed by atoms with E-state index >= 15 is 0 Å². The Morgan fingerprint density at radius 2 is 1.15 bits per heavy atom. The van der Waals surface area contributed by atoms with Gasteiger partial charge >= 0.3 is 0 Å². The number of thioether (sulfide) groups is 1. The molecule has 2 aliphatic rings. The number of hydrogen-bond donors (Lipinski definition) is 2. The Kier molecular flexibility index (Phi) is 9.05. The molecule has 4 atom stereocenters. The third-order valence-corrected chi connectivity index (χ3v) is 8.16. The second kappa shape index (κ2) is 12.5. The maximum atomic E-state index is 12.9. The van der Waals surface area contributed by atoms with Crippen molar-refractivity contribution in [3.63, 3.8) is 0 Å². The van der Waals surface area contributed by atoms with Gasteiger partial charge in [0.15, 0.2) is 0 Å². The lowest BCUT2D eigenvalue weighted by Gasteiger charge is -2.26.